The molecular formula is C15H18BrN3O2. The van der Waals surface area contributed by atoms with E-state index in [2.05, 4.69) is 31.2 Å². The molecule has 1 aromatic carbocycles. The van der Waals surface area contributed by atoms with E-state index < -0.39 is 0 Å². The van der Waals surface area contributed by atoms with Crippen LogP contribution < -0.4 is 10.1 Å². The molecule has 0 bridgehead atoms. The van der Waals surface area contributed by atoms with Crippen molar-refractivity contribution in [1.82, 2.24) is 15.3 Å². The first-order chi connectivity index (χ1) is 10.1. The molecule has 6 heteroatoms. The van der Waals surface area contributed by atoms with Gasteiger partial charge < -0.3 is 15.0 Å². The molecule has 0 saturated carbocycles. The Kier molecular flexibility index (Phi) is 5.38. The Morgan fingerprint density at radius 3 is 2.95 bits per heavy atom. The van der Waals surface area contributed by atoms with Crippen LogP contribution in [0.4, 0.5) is 0 Å². The van der Waals surface area contributed by atoms with Crippen LogP contribution in [0, 0.1) is 6.92 Å². The summed E-state index contributed by atoms with van der Waals surface area (Å²) in [6.07, 6.45) is 4.17. The number of aromatic amines is 1. The second-order valence-corrected chi connectivity index (χ2v) is 5.58. The number of imidazole rings is 1. The first-order valence-corrected chi connectivity index (χ1v) is 7.57. The van der Waals surface area contributed by atoms with Crippen LogP contribution in [-0.4, -0.2) is 22.5 Å². The van der Waals surface area contributed by atoms with Crippen molar-refractivity contribution in [2.24, 2.45) is 0 Å². The Morgan fingerprint density at radius 2 is 2.33 bits per heavy atom. The van der Waals surface area contributed by atoms with Gasteiger partial charge in [-0.25, -0.2) is 4.98 Å². The van der Waals surface area contributed by atoms with Crippen LogP contribution in [0.15, 0.2) is 35.1 Å². The lowest BCUT2D eigenvalue weighted by Crippen LogP contribution is -2.33. The van der Waals surface area contributed by atoms with Crippen molar-refractivity contribution in [3.8, 4) is 5.75 Å². The lowest BCUT2D eigenvalue weighted by molar-refractivity contribution is -0.123. The third-order valence-corrected chi connectivity index (χ3v) is 3.66. The first kappa shape index (κ1) is 15.6. The molecule has 2 aromatic rings. The third-order valence-electron chi connectivity index (χ3n) is 3.04. The maximum atomic E-state index is 12.0. The van der Waals surface area contributed by atoms with Crippen molar-refractivity contribution in [2.45, 2.75) is 26.3 Å². The number of H-pyrrole nitrogens is 1. The number of rotatable bonds is 6. The monoisotopic (exact) mass is 351 g/mol. The number of carbonyl (C=O) groups is 1. The number of ether oxygens (including phenoxy) is 1. The number of aromatic nitrogens is 2. The van der Waals surface area contributed by atoms with E-state index >= 15 is 0 Å². The normalized spacial score (nSPS) is 12.0. The quantitative estimate of drug-likeness (QED) is 0.839. The molecule has 21 heavy (non-hydrogen) atoms. The molecule has 1 aromatic heterocycles. The zero-order valence-electron chi connectivity index (χ0n) is 12.0. The Morgan fingerprint density at radius 1 is 1.52 bits per heavy atom. The molecule has 5 nitrogen and oxygen atoms in total. The topological polar surface area (TPSA) is 67.0 Å². The van der Waals surface area contributed by atoms with E-state index in [0.29, 0.717) is 5.75 Å². The van der Waals surface area contributed by atoms with E-state index in [0.717, 1.165) is 22.3 Å². The number of aryl methyl sites for hydroxylation is 1. The minimum atomic E-state index is -0.175. The van der Waals surface area contributed by atoms with Crippen molar-refractivity contribution in [1.29, 1.82) is 0 Å². The van der Waals surface area contributed by atoms with Crippen LogP contribution in [0.3, 0.4) is 0 Å². The molecular weight excluding hydrogens is 334 g/mol. The van der Waals surface area contributed by atoms with Gasteiger partial charge in [0, 0.05) is 12.4 Å². The summed E-state index contributed by atoms with van der Waals surface area (Å²) in [5.41, 5.74) is 1.13. The minimum Gasteiger partial charge on any atom is -0.483 e. The van der Waals surface area contributed by atoms with Crippen molar-refractivity contribution in [3.05, 3.63) is 46.5 Å². The van der Waals surface area contributed by atoms with Gasteiger partial charge in [0.2, 0.25) is 0 Å². The van der Waals surface area contributed by atoms with Crippen LogP contribution in [0.5, 0.6) is 5.75 Å². The molecule has 0 aliphatic rings. The zero-order valence-corrected chi connectivity index (χ0v) is 13.6. The average Bonchev–Trinajstić information content (AvgIpc) is 2.98. The molecule has 0 saturated heterocycles. The Labute approximate surface area is 132 Å². The molecule has 0 aliphatic heterocycles. The number of carbonyl (C=O) groups excluding carboxylic acids is 1. The van der Waals surface area contributed by atoms with Gasteiger partial charge in [0.15, 0.2) is 6.61 Å². The predicted octanol–water partition coefficient (Wildman–Crippen LogP) is 3.13. The largest absolute Gasteiger partial charge is 0.483 e. The van der Waals surface area contributed by atoms with Gasteiger partial charge in [-0.05, 0) is 47.0 Å². The number of amides is 1. The van der Waals surface area contributed by atoms with Crippen molar-refractivity contribution in [3.63, 3.8) is 0 Å². The van der Waals surface area contributed by atoms with Gasteiger partial charge in [-0.15, -0.1) is 0 Å². The summed E-state index contributed by atoms with van der Waals surface area (Å²) < 4.78 is 6.37. The maximum absolute atomic E-state index is 12.0. The molecule has 112 valence electrons. The molecule has 1 heterocycles. The Hall–Kier alpha value is -1.82. The summed E-state index contributed by atoms with van der Waals surface area (Å²) in [6, 6.07) is 5.61. The van der Waals surface area contributed by atoms with E-state index in [9.17, 15) is 4.79 Å². The minimum absolute atomic E-state index is 0.0289. The predicted molar refractivity (Wildman–Crippen MR) is 84.1 cm³/mol. The SMILES string of the molecule is CCC(NC(=O)COc1ccc(C)cc1Br)c1ncc[nH]1. The first-order valence-electron chi connectivity index (χ1n) is 6.77. The molecule has 0 spiro atoms. The Bertz CT molecular complexity index is 599. The number of hydrogen-bond donors (Lipinski definition) is 2. The molecule has 0 radical (unpaired) electrons. The summed E-state index contributed by atoms with van der Waals surface area (Å²) in [7, 11) is 0. The smallest absolute Gasteiger partial charge is 0.258 e. The van der Waals surface area contributed by atoms with Crippen LogP contribution in [0.1, 0.15) is 30.8 Å². The second kappa shape index (κ2) is 7.26. The van der Waals surface area contributed by atoms with Crippen molar-refractivity contribution < 1.29 is 9.53 Å². The molecule has 2 N–H and O–H groups in total. The highest BCUT2D eigenvalue weighted by Gasteiger charge is 2.15. The fourth-order valence-electron chi connectivity index (χ4n) is 1.93. The maximum Gasteiger partial charge on any atom is 0.258 e. The van der Waals surface area contributed by atoms with Gasteiger partial charge >= 0.3 is 0 Å². The van der Waals surface area contributed by atoms with Crippen molar-refractivity contribution in [2.75, 3.05) is 6.61 Å². The zero-order chi connectivity index (χ0) is 15.2. The summed E-state index contributed by atoms with van der Waals surface area (Å²) in [5.74, 6) is 1.23. The van der Waals surface area contributed by atoms with E-state index in [1.807, 2.05) is 32.0 Å². The molecule has 0 aliphatic carbocycles. The van der Waals surface area contributed by atoms with E-state index in [1.54, 1.807) is 12.4 Å². The molecule has 0 fully saturated rings. The Balaban J connectivity index is 1.89. The number of halogens is 1. The van der Waals surface area contributed by atoms with Crippen LogP contribution in [-0.2, 0) is 4.79 Å². The summed E-state index contributed by atoms with van der Waals surface area (Å²) in [6.45, 7) is 3.96. The van der Waals surface area contributed by atoms with Crippen LogP contribution in [0.25, 0.3) is 0 Å². The number of benzene rings is 1. The van der Waals surface area contributed by atoms with Gasteiger partial charge in [0.25, 0.3) is 5.91 Å². The van der Waals surface area contributed by atoms with Gasteiger partial charge in [-0.1, -0.05) is 13.0 Å². The van der Waals surface area contributed by atoms with Crippen LogP contribution >= 0.6 is 15.9 Å². The number of nitrogens with one attached hydrogen (secondary N) is 2. The van der Waals surface area contributed by atoms with Gasteiger partial charge in [0.1, 0.15) is 11.6 Å². The highest BCUT2D eigenvalue weighted by molar-refractivity contribution is 9.10. The van der Waals surface area contributed by atoms with Crippen LogP contribution in [0.2, 0.25) is 0 Å². The van der Waals surface area contributed by atoms with Gasteiger partial charge in [0.05, 0.1) is 10.5 Å². The van der Waals surface area contributed by atoms with E-state index in [4.69, 9.17) is 4.74 Å². The standard InChI is InChI=1S/C15H18BrN3O2/c1-3-12(15-17-6-7-18-15)19-14(20)9-21-13-5-4-10(2)8-11(13)16/h4-8,12H,3,9H2,1-2H3,(H,17,18)(H,19,20). The van der Waals surface area contributed by atoms with E-state index in [-0.39, 0.29) is 18.6 Å². The average molecular weight is 352 g/mol. The number of hydrogen-bond acceptors (Lipinski definition) is 3. The molecule has 2 rings (SSSR count). The second-order valence-electron chi connectivity index (χ2n) is 4.73. The molecule has 1 atom stereocenters. The summed E-state index contributed by atoms with van der Waals surface area (Å²) in [5, 5.41) is 2.90. The summed E-state index contributed by atoms with van der Waals surface area (Å²) in [4.78, 5) is 19.1. The third kappa shape index (κ3) is 4.32. The van der Waals surface area contributed by atoms with Crippen molar-refractivity contribution >= 4 is 21.8 Å². The molecule has 1 amide bonds. The fraction of sp³-hybridized carbons (Fsp3) is 0.333. The highest BCUT2D eigenvalue weighted by Crippen LogP contribution is 2.25. The van der Waals surface area contributed by atoms with E-state index in [1.165, 1.54) is 0 Å². The molecule has 1 unspecified atom stereocenters. The summed E-state index contributed by atoms with van der Waals surface area (Å²) >= 11 is 3.42. The fourth-order valence-corrected chi connectivity index (χ4v) is 2.54. The van der Waals surface area contributed by atoms with Gasteiger partial charge in [-0.3, -0.25) is 4.79 Å². The number of nitrogens with zero attached hydrogens (tertiary/aromatic N) is 1. The highest BCUT2D eigenvalue weighted by atomic mass is 79.9. The lowest BCUT2D eigenvalue weighted by Gasteiger charge is -2.15. The van der Waals surface area contributed by atoms with Gasteiger partial charge in [-0.2, -0.15) is 0 Å². The lowest BCUT2D eigenvalue weighted by atomic mass is 10.2.